The molecule has 5 heteroatoms. The van der Waals surface area contributed by atoms with Crippen LogP contribution in [-0.2, 0) is 24.3 Å². The van der Waals surface area contributed by atoms with Crippen LogP contribution in [0.3, 0.4) is 0 Å². The third-order valence-electron chi connectivity index (χ3n) is 7.40. The van der Waals surface area contributed by atoms with Crippen LogP contribution in [0.15, 0.2) is 48.8 Å². The van der Waals surface area contributed by atoms with Crippen molar-refractivity contribution in [3.63, 3.8) is 0 Å². The molecular formula is C26H34N4O. The van der Waals surface area contributed by atoms with E-state index in [4.69, 9.17) is 0 Å². The van der Waals surface area contributed by atoms with Gasteiger partial charge < -0.3 is 10.2 Å². The van der Waals surface area contributed by atoms with Gasteiger partial charge in [-0.05, 0) is 66.8 Å². The molecule has 1 aromatic heterocycles. The first kappa shape index (κ1) is 20.7. The summed E-state index contributed by atoms with van der Waals surface area (Å²) in [5.74, 6) is 1.77. The molecule has 1 aromatic carbocycles. The number of fused-ring (bicyclic) bond motifs is 3. The van der Waals surface area contributed by atoms with E-state index in [9.17, 15) is 4.79 Å². The van der Waals surface area contributed by atoms with Crippen molar-refractivity contribution in [1.29, 1.82) is 0 Å². The van der Waals surface area contributed by atoms with Gasteiger partial charge in [0.15, 0.2) is 0 Å². The van der Waals surface area contributed by atoms with Gasteiger partial charge in [0.05, 0.1) is 0 Å². The Balaban J connectivity index is 1.10. The van der Waals surface area contributed by atoms with Crippen LogP contribution in [0, 0.1) is 11.8 Å². The van der Waals surface area contributed by atoms with E-state index >= 15 is 0 Å². The molecule has 0 saturated carbocycles. The summed E-state index contributed by atoms with van der Waals surface area (Å²) in [6.07, 6.45) is 8.92. The molecule has 0 unspecified atom stereocenters. The maximum Gasteiger partial charge on any atom is 0.222 e. The minimum Gasteiger partial charge on any atom is -0.338 e. The first-order valence-corrected chi connectivity index (χ1v) is 11.9. The molecule has 1 N–H and O–H groups in total. The van der Waals surface area contributed by atoms with Crippen LogP contribution < -0.4 is 5.32 Å². The number of pyridine rings is 1. The van der Waals surface area contributed by atoms with Crippen LogP contribution in [0.2, 0.25) is 0 Å². The number of nitrogens with zero attached hydrogens (tertiary/aromatic N) is 3. The largest absolute Gasteiger partial charge is 0.338 e. The fourth-order valence-electron chi connectivity index (χ4n) is 5.83. The van der Waals surface area contributed by atoms with Gasteiger partial charge in [0, 0.05) is 57.6 Å². The molecule has 2 aromatic rings. The average molecular weight is 419 g/mol. The minimum absolute atomic E-state index is 0.324. The lowest BCUT2D eigenvalue weighted by molar-refractivity contribution is -0.132. The lowest BCUT2D eigenvalue weighted by Crippen LogP contribution is -2.55. The van der Waals surface area contributed by atoms with Crippen LogP contribution in [0.5, 0.6) is 0 Å². The summed E-state index contributed by atoms with van der Waals surface area (Å²) in [7, 11) is 0. The third-order valence-corrected chi connectivity index (χ3v) is 7.40. The average Bonchev–Trinajstić information content (AvgIpc) is 2.81. The monoisotopic (exact) mass is 418 g/mol. The van der Waals surface area contributed by atoms with Gasteiger partial charge >= 0.3 is 0 Å². The lowest BCUT2D eigenvalue weighted by atomic mass is 9.79. The quantitative estimate of drug-likeness (QED) is 0.782. The number of likely N-dealkylation sites (tertiary alicyclic amines) is 1. The molecule has 2 saturated heterocycles. The highest BCUT2D eigenvalue weighted by molar-refractivity contribution is 5.76. The summed E-state index contributed by atoms with van der Waals surface area (Å²) in [6, 6.07) is 13.3. The molecule has 0 spiro atoms. The number of hydrogen-bond acceptors (Lipinski definition) is 4. The highest BCUT2D eigenvalue weighted by Crippen LogP contribution is 2.31. The Labute approximate surface area is 185 Å². The van der Waals surface area contributed by atoms with Gasteiger partial charge in [-0.2, -0.15) is 0 Å². The molecule has 164 valence electrons. The van der Waals surface area contributed by atoms with Gasteiger partial charge in [-0.15, -0.1) is 0 Å². The van der Waals surface area contributed by atoms with Crippen molar-refractivity contribution >= 4 is 5.91 Å². The number of aromatic nitrogens is 1. The molecule has 3 atom stereocenters. The SMILES string of the molecule is O=C(CCC[C@H]1NC[C@@H]2C[C@H]1CN(Cc1cccnc1)C2)N1CCc2ccccc2C1. The molecule has 1 amide bonds. The van der Waals surface area contributed by atoms with Crippen molar-refractivity contribution in [3.8, 4) is 0 Å². The first-order chi connectivity index (χ1) is 15.2. The second kappa shape index (κ2) is 9.49. The highest BCUT2D eigenvalue weighted by atomic mass is 16.2. The Hall–Kier alpha value is -2.24. The topological polar surface area (TPSA) is 48.5 Å². The maximum absolute atomic E-state index is 12.8. The second-order valence-electron chi connectivity index (χ2n) is 9.66. The Morgan fingerprint density at radius 2 is 2.03 bits per heavy atom. The molecule has 0 radical (unpaired) electrons. The number of carbonyl (C=O) groups is 1. The molecule has 2 fully saturated rings. The van der Waals surface area contributed by atoms with E-state index in [0.717, 1.165) is 57.9 Å². The number of nitrogens with one attached hydrogen (secondary N) is 1. The molecule has 3 aliphatic rings. The standard InChI is InChI=1S/C26H34N4O/c31-26(30-12-10-22-6-1-2-7-23(22)19-30)9-3-8-25-24-13-21(15-28-25)17-29(18-24)16-20-5-4-11-27-14-20/h1-2,4-7,11,14,21,24-25,28H,3,8-10,12-13,15-19H2/t21-,24-,25+/m0/s1. The van der Waals surface area contributed by atoms with Crippen molar-refractivity contribution in [2.75, 3.05) is 26.2 Å². The van der Waals surface area contributed by atoms with E-state index in [-0.39, 0.29) is 0 Å². The molecule has 3 aliphatic heterocycles. The summed E-state index contributed by atoms with van der Waals surface area (Å²) in [5, 5.41) is 3.81. The molecular weight excluding hydrogens is 384 g/mol. The molecule has 5 rings (SSSR count). The summed E-state index contributed by atoms with van der Waals surface area (Å²) in [4.78, 5) is 21.8. The van der Waals surface area contributed by atoms with Crippen LogP contribution in [0.25, 0.3) is 0 Å². The van der Waals surface area contributed by atoms with Crippen LogP contribution in [0.4, 0.5) is 0 Å². The Kier molecular flexibility index (Phi) is 6.32. The van der Waals surface area contributed by atoms with Gasteiger partial charge in [0.1, 0.15) is 0 Å². The summed E-state index contributed by atoms with van der Waals surface area (Å²) in [5.41, 5.74) is 4.03. The molecule has 4 heterocycles. The van der Waals surface area contributed by atoms with E-state index in [2.05, 4.69) is 50.4 Å². The van der Waals surface area contributed by atoms with E-state index in [1.165, 1.54) is 29.7 Å². The molecule has 0 aliphatic carbocycles. The predicted molar refractivity (Wildman–Crippen MR) is 122 cm³/mol. The maximum atomic E-state index is 12.8. The summed E-state index contributed by atoms with van der Waals surface area (Å²) >= 11 is 0. The van der Waals surface area contributed by atoms with Crippen LogP contribution in [0.1, 0.15) is 42.4 Å². The number of amides is 1. The Morgan fingerprint density at radius 1 is 1.13 bits per heavy atom. The zero-order valence-corrected chi connectivity index (χ0v) is 18.4. The molecule has 2 bridgehead atoms. The lowest BCUT2D eigenvalue weighted by Gasteiger charge is -2.46. The van der Waals surface area contributed by atoms with Crippen molar-refractivity contribution in [3.05, 3.63) is 65.5 Å². The summed E-state index contributed by atoms with van der Waals surface area (Å²) in [6.45, 7) is 6.10. The van der Waals surface area contributed by atoms with E-state index < -0.39 is 0 Å². The van der Waals surface area contributed by atoms with E-state index in [0.29, 0.717) is 24.3 Å². The normalized spacial score (nSPS) is 25.8. The van der Waals surface area contributed by atoms with Crippen molar-refractivity contribution in [2.24, 2.45) is 11.8 Å². The van der Waals surface area contributed by atoms with Gasteiger partial charge in [0.25, 0.3) is 0 Å². The number of piperidine rings is 2. The number of benzene rings is 1. The third kappa shape index (κ3) is 4.99. The van der Waals surface area contributed by atoms with Crippen molar-refractivity contribution in [1.82, 2.24) is 20.1 Å². The van der Waals surface area contributed by atoms with Crippen LogP contribution >= 0.6 is 0 Å². The Morgan fingerprint density at radius 3 is 2.90 bits per heavy atom. The van der Waals surface area contributed by atoms with Gasteiger partial charge in [-0.3, -0.25) is 14.7 Å². The number of carbonyl (C=O) groups excluding carboxylic acids is 1. The van der Waals surface area contributed by atoms with Crippen molar-refractivity contribution in [2.45, 2.75) is 51.2 Å². The molecule has 31 heavy (non-hydrogen) atoms. The van der Waals surface area contributed by atoms with E-state index in [1.54, 1.807) is 0 Å². The van der Waals surface area contributed by atoms with Gasteiger partial charge in [-0.1, -0.05) is 30.3 Å². The molecule has 5 nitrogen and oxygen atoms in total. The van der Waals surface area contributed by atoms with Gasteiger partial charge in [0.2, 0.25) is 5.91 Å². The van der Waals surface area contributed by atoms with Crippen LogP contribution in [-0.4, -0.2) is 52.9 Å². The Bertz CT molecular complexity index is 886. The minimum atomic E-state index is 0.324. The predicted octanol–water partition coefficient (Wildman–Crippen LogP) is 3.25. The van der Waals surface area contributed by atoms with E-state index in [1.807, 2.05) is 18.5 Å². The van der Waals surface area contributed by atoms with Gasteiger partial charge in [-0.25, -0.2) is 0 Å². The number of rotatable bonds is 6. The summed E-state index contributed by atoms with van der Waals surface area (Å²) < 4.78 is 0. The second-order valence-corrected chi connectivity index (χ2v) is 9.66. The highest BCUT2D eigenvalue weighted by Gasteiger charge is 2.36. The first-order valence-electron chi connectivity index (χ1n) is 11.9. The zero-order valence-electron chi connectivity index (χ0n) is 18.4. The smallest absolute Gasteiger partial charge is 0.222 e. The number of hydrogen-bond donors (Lipinski definition) is 1. The fourth-order valence-corrected chi connectivity index (χ4v) is 5.83. The fraction of sp³-hybridized carbons (Fsp3) is 0.538. The zero-order chi connectivity index (χ0) is 21.0. The van der Waals surface area contributed by atoms with Crippen molar-refractivity contribution < 1.29 is 4.79 Å².